The van der Waals surface area contributed by atoms with Gasteiger partial charge in [-0.3, -0.25) is 0 Å². The van der Waals surface area contributed by atoms with E-state index < -0.39 is 0 Å². The van der Waals surface area contributed by atoms with Gasteiger partial charge in [-0.15, -0.1) is 0 Å². The maximum Gasteiger partial charge on any atom is 0.224 e. The minimum atomic E-state index is 0.693. The number of nitrogens with one attached hydrogen (secondary N) is 1. The highest BCUT2D eigenvalue weighted by atomic mass is 15.2. The Balaban J connectivity index is 2.15. The summed E-state index contributed by atoms with van der Waals surface area (Å²) in [6.07, 6.45) is 0. The Bertz CT molecular complexity index is 563. The summed E-state index contributed by atoms with van der Waals surface area (Å²) >= 11 is 0. The van der Waals surface area contributed by atoms with E-state index in [0.717, 1.165) is 24.6 Å². The van der Waals surface area contributed by atoms with Gasteiger partial charge in [-0.25, -0.2) is 4.98 Å². The van der Waals surface area contributed by atoms with Crippen LogP contribution in [0.25, 0.3) is 0 Å². The molecule has 4 heteroatoms. The van der Waals surface area contributed by atoms with Crippen molar-refractivity contribution >= 4 is 11.8 Å². The van der Waals surface area contributed by atoms with Crippen LogP contribution in [0.3, 0.4) is 0 Å². The zero-order valence-electron chi connectivity index (χ0n) is 12.6. The molecule has 0 aliphatic rings. The molecule has 0 radical (unpaired) electrons. The van der Waals surface area contributed by atoms with Gasteiger partial charge in [0, 0.05) is 31.9 Å². The Labute approximate surface area is 120 Å². The van der Waals surface area contributed by atoms with Gasteiger partial charge in [-0.05, 0) is 26.3 Å². The lowest BCUT2D eigenvalue weighted by Crippen LogP contribution is -2.19. The summed E-state index contributed by atoms with van der Waals surface area (Å²) in [6.45, 7) is 7.80. The molecule has 4 nitrogen and oxygen atoms in total. The van der Waals surface area contributed by atoms with Crippen molar-refractivity contribution in [1.29, 1.82) is 0 Å². The van der Waals surface area contributed by atoms with Crippen molar-refractivity contribution < 1.29 is 0 Å². The van der Waals surface area contributed by atoms with Crippen LogP contribution in [-0.4, -0.2) is 23.6 Å². The molecule has 1 heterocycles. The van der Waals surface area contributed by atoms with Gasteiger partial charge in [-0.1, -0.05) is 29.8 Å². The van der Waals surface area contributed by atoms with Crippen molar-refractivity contribution in [1.82, 2.24) is 9.97 Å². The minimum absolute atomic E-state index is 0.693. The second-order valence-electron chi connectivity index (χ2n) is 5.06. The van der Waals surface area contributed by atoms with E-state index in [9.17, 15) is 0 Å². The van der Waals surface area contributed by atoms with Crippen molar-refractivity contribution in [3.8, 4) is 0 Å². The van der Waals surface area contributed by atoms with Crippen LogP contribution < -0.4 is 10.2 Å². The third kappa shape index (κ3) is 3.70. The van der Waals surface area contributed by atoms with Gasteiger partial charge >= 0.3 is 0 Å². The summed E-state index contributed by atoms with van der Waals surface area (Å²) in [5.41, 5.74) is 3.53. The molecule has 0 bridgehead atoms. The van der Waals surface area contributed by atoms with Gasteiger partial charge in [-0.2, -0.15) is 4.98 Å². The van der Waals surface area contributed by atoms with E-state index in [0.29, 0.717) is 5.95 Å². The maximum atomic E-state index is 4.54. The Morgan fingerprint density at radius 1 is 1.10 bits per heavy atom. The molecule has 2 rings (SSSR count). The van der Waals surface area contributed by atoms with Crippen LogP contribution in [0, 0.1) is 13.8 Å². The summed E-state index contributed by atoms with van der Waals surface area (Å²) < 4.78 is 0. The number of nitrogens with zero attached hydrogens (tertiary/aromatic N) is 3. The number of aromatic nitrogens is 2. The molecule has 0 saturated heterocycles. The number of hydrogen-bond donors (Lipinski definition) is 1. The van der Waals surface area contributed by atoms with Gasteiger partial charge < -0.3 is 10.2 Å². The van der Waals surface area contributed by atoms with E-state index in [1.165, 1.54) is 11.1 Å². The highest BCUT2D eigenvalue weighted by molar-refractivity contribution is 5.44. The summed E-state index contributed by atoms with van der Waals surface area (Å²) in [5.74, 6) is 1.63. The predicted octanol–water partition coefficient (Wildman–Crippen LogP) is 3.16. The maximum absolute atomic E-state index is 4.54. The number of benzene rings is 1. The number of anilines is 2. The van der Waals surface area contributed by atoms with Gasteiger partial charge in [0.05, 0.1) is 0 Å². The molecule has 0 fully saturated rings. The predicted molar refractivity (Wildman–Crippen MR) is 84.2 cm³/mol. The third-order valence-corrected chi connectivity index (χ3v) is 3.11. The average molecular weight is 270 g/mol. The molecule has 0 aliphatic carbocycles. The molecule has 0 saturated carbocycles. The number of rotatable bonds is 5. The molecular formula is C16H22N4. The molecule has 2 aromatic rings. The molecule has 1 N–H and O–H groups in total. The Kier molecular flexibility index (Phi) is 4.56. The van der Waals surface area contributed by atoms with Crippen LogP contribution in [0.4, 0.5) is 11.8 Å². The number of hydrogen-bond acceptors (Lipinski definition) is 4. The lowest BCUT2D eigenvalue weighted by Gasteiger charge is -2.19. The lowest BCUT2D eigenvalue weighted by molar-refractivity contribution is 0.885. The molecule has 1 aromatic carbocycles. The van der Waals surface area contributed by atoms with E-state index in [-0.39, 0.29) is 0 Å². The Morgan fingerprint density at radius 3 is 2.45 bits per heavy atom. The van der Waals surface area contributed by atoms with Crippen molar-refractivity contribution in [2.75, 3.05) is 23.8 Å². The number of aryl methyl sites for hydroxylation is 2. The molecule has 1 aromatic heterocycles. The Morgan fingerprint density at radius 2 is 1.80 bits per heavy atom. The summed E-state index contributed by atoms with van der Waals surface area (Å²) in [5, 5.41) is 3.17. The first-order valence-electron chi connectivity index (χ1n) is 6.94. The molecule has 106 valence electrons. The van der Waals surface area contributed by atoms with Crippen molar-refractivity contribution in [2.24, 2.45) is 0 Å². The zero-order valence-corrected chi connectivity index (χ0v) is 12.6. The molecule has 20 heavy (non-hydrogen) atoms. The van der Waals surface area contributed by atoms with Crippen LogP contribution in [0.2, 0.25) is 0 Å². The van der Waals surface area contributed by atoms with E-state index >= 15 is 0 Å². The van der Waals surface area contributed by atoms with Gasteiger partial charge in [0.2, 0.25) is 5.95 Å². The average Bonchev–Trinajstić information content (AvgIpc) is 2.41. The normalized spacial score (nSPS) is 10.4. The van der Waals surface area contributed by atoms with Crippen LogP contribution in [-0.2, 0) is 6.54 Å². The Hall–Kier alpha value is -2.10. The second-order valence-corrected chi connectivity index (χ2v) is 5.06. The molecule has 0 unspecified atom stereocenters. The fraction of sp³-hybridized carbons (Fsp3) is 0.375. The van der Waals surface area contributed by atoms with Crippen LogP contribution >= 0.6 is 0 Å². The smallest absolute Gasteiger partial charge is 0.224 e. The topological polar surface area (TPSA) is 41.1 Å². The highest BCUT2D eigenvalue weighted by Gasteiger charge is 2.07. The zero-order chi connectivity index (χ0) is 14.5. The van der Waals surface area contributed by atoms with Gasteiger partial charge in [0.25, 0.3) is 0 Å². The van der Waals surface area contributed by atoms with E-state index in [1.54, 1.807) is 0 Å². The summed E-state index contributed by atoms with van der Waals surface area (Å²) in [6, 6.07) is 10.6. The van der Waals surface area contributed by atoms with Crippen molar-refractivity contribution in [3.05, 3.63) is 47.2 Å². The fourth-order valence-corrected chi connectivity index (χ4v) is 2.03. The molecule has 0 spiro atoms. The lowest BCUT2D eigenvalue weighted by atomic mass is 10.1. The fourth-order valence-electron chi connectivity index (χ4n) is 2.03. The minimum Gasteiger partial charge on any atom is -0.355 e. The quantitative estimate of drug-likeness (QED) is 0.906. The van der Waals surface area contributed by atoms with Crippen LogP contribution in [0.5, 0.6) is 0 Å². The largest absolute Gasteiger partial charge is 0.355 e. The highest BCUT2D eigenvalue weighted by Crippen LogP contribution is 2.16. The van der Waals surface area contributed by atoms with Gasteiger partial charge in [0.15, 0.2) is 0 Å². The standard InChI is InChI=1S/C16H22N4/c1-5-17-16-18-13(3)10-15(19-16)20(4)11-14-8-6-12(2)7-9-14/h6-10H,5,11H2,1-4H3,(H,17,18,19). The first kappa shape index (κ1) is 14.3. The second kappa shape index (κ2) is 6.37. The van der Waals surface area contributed by atoms with Crippen molar-refractivity contribution in [2.45, 2.75) is 27.3 Å². The first-order chi connectivity index (χ1) is 9.58. The van der Waals surface area contributed by atoms with Gasteiger partial charge in [0.1, 0.15) is 5.82 Å². The van der Waals surface area contributed by atoms with Crippen LogP contribution in [0.1, 0.15) is 23.7 Å². The SMILES string of the molecule is CCNc1nc(C)cc(N(C)Cc2ccc(C)cc2)n1. The summed E-state index contributed by atoms with van der Waals surface area (Å²) in [4.78, 5) is 11.1. The van der Waals surface area contributed by atoms with E-state index in [2.05, 4.69) is 58.4 Å². The third-order valence-electron chi connectivity index (χ3n) is 3.11. The van der Waals surface area contributed by atoms with E-state index in [4.69, 9.17) is 0 Å². The van der Waals surface area contributed by atoms with E-state index in [1.807, 2.05) is 19.9 Å². The summed E-state index contributed by atoms with van der Waals surface area (Å²) in [7, 11) is 2.05. The molecule has 0 aliphatic heterocycles. The first-order valence-corrected chi connectivity index (χ1v) is 6.94. The molecule has 0 amide bonds. The molecule has 0 atom stereocenters. The molecular weight excluding hydrogens is 248 g/mol. The van der Waals surface area contributed by atoms with Crippen molar-refractivity contribution in [3.63, 3.8) is 0 Å². The monoisotopic (exact) mass is 270 g/mol. The van der Waals surface area contributed by atoms with Crippen LogP contribution in [0.15, 0.2) is 30.3 Å².